The van der Waals surface area contributed by atoms with Gasteiger partial charge in [0.1, 0.15) is 23.2 Å². The quantitative estimate of drug-likeness (QED) is 0.586. The number of nitrogens with zero attached hydrogens (tertiary/aromatic N) is 2. The van der Waals surface area contributed by atoms with Gasteiger partial charge in [0.05, 0.1) is 7.11 Å². The van der Waals surface area contributed by atoms with Gasteiger partial charge in [0.2, 0.25) is 0 Å². The third-order valence-electron chi connectivity index (χ3n) is 3.05. The zero-order chi connectivity index (χ0) is 14.7. The van der Waals surface area contributed by atoms with Crippen molar-refractivity contribution in [2.24, 2.45) is 5.84 Å². The highest BCUT2D eigenvalue weighted by Gasteiger charge is 2.09. The van der Waals surface area contributed by atoms with Gasteiger partial charge < -0.3 is 15.5 Å². The molecule has 0 unspecified atom stereocenters. The van der Waals surface area contributed by atoms with Crippen molar-refractivity contribution in [1.29, 1.82) is 0 Å². The molecule has 0 spiro atoms. The summed E-state index contributed by atoms with van der Waals surface area (Å²) in [6.07, 6.45) is 0. The molecule has 0 amide bonds. The van der Waals surface area contributed by atoms with Crippen molar-refractivity contribution in [2.45, 2.75) is 20.8 Å². The highest BCUT2D eigenvalue weighted by atomic mass is 16.5. The summed E-state index contributed by atoms with van der Waals surface area (Å²) in [7, 11) is 1.66. The second kappa shape index (κ2) is 5.75. The van der Waals surface area contributed by atoms with Crippen LogP contribution in [0.15, 0.2) is 18.2 Å². The maximum Gasteiger partial charge on any atom is 0.148 e. The number of ether oxygens (including phenoxy) is 1. The van der Waals surface area contributed by atoms with Crippen LogP contribution in [0.5, 0.6) is 5.75 Å². The van der Waals surface area contributed by atoms with E-state index in [0.29, 0.717) is 11.6 Å². The van der Waals surface area contributed by atoms with E-state index in [-0.39, 0.29) is 0 Å². The van der Waals surface area contributed by atoms with Gasteiger partial charge in [0.25, 0.3) is 0 Å². The summed E-state index contributed by atoms with van der Waals surface area (Å²) in [5.74, 6) is 8.31. The molecule has 2 aromatic rings. The van der Waals surface area contributed by atoms with Crippen LogP contribution < -0.4 is 21.3 Å². The Hall–Kier alpha value is -2.34. The predicted octanol–water partition coefficient (Wildman–Crippen LogP) is 2.44. The number of nitrogens with one attached hydrogen (secondary N) is 2. The second-order valence-corrected chi connectivity index (χ2v) is 4.55. The van der Waals surface area contributed by atoms with E-state index in [1.807, 2.05) is 39.0 Å². The summed E-state index contributed by atoms with van der Waals surface area (Å²) >= 11 is 0. The molecule has 0 aliphatic carbocycles. The van der Waals surface area contributed by atoms with Crippen LogP contribution in [0, 0.1) is 20.8 Å². The number of rotatable bonds is 4. The SMILES string of the molecule is COc1ccc(Nc2nc(C)nc(NN)c2C)cc1C. The molecule has 0 aliphatic rings. The number of aryl methyl sites for hydroxylation is 2. The molecule has 6 heteroatoms. The Balaban J connectivity index is 2.34. The molecule has 0 bridgehead atoms. The van der Waals surface area contributed by atoms with Crippen molar-refractivity contribution in [1.82, 2.24) is 9.97 Å². The largest absolute Gasteiger partial charge is 0.496 e. The molecule has 0 atom stereocenters. The normalized spacial score (nSPS) is 10.2. The third kappa shape index (κ3) is 2.80. The first-order valence-electron chi connectivity index (χ1n) is 6.28. The van der Waals surface area contributed by atoms with Crippen LogP contribution in [0.25, 0.3) is 0 Å². The maximum absolute atomic E-state index is 5.46. The average molecular weight is 273 g/mol. The monoisotopic (exact) mass is 273 g/mol. The zero-order valence-electron chi connectivity index (χ0n) is 12.1. The fraction of sp³-hybridized carbons (Fsp3) is 0.286. The topological polar surface area (TPSA) is 85.1 Å². The van der Waals surface area contributed by atoms with Crippen molar-refractivity contribution in [2.75, 3.05) is 17.9 Å². The molecule has 1 aromatic carbocycles. The Morgan fingerprint density at radius 3 is 2.40 bits per heavy atom. The van der Waals surface area contributed by atoms with Gasteiger partial charge in [0.15, 0.2) is 0 Å². The van der Waals surface area contributed by atoms with Crippen molar-refractivity contribution in [3.63, 3.8) is 0 Å². The Morgan fingerprint density at radius 1 is 1.10 bits per heavy atom. The number of anilines is 3. The van der Waals surface area contributed by atoms with Gasteiger partial charge in [-0.3, -0.25) is 0 Å². The lowest BCUT2D eigenvalue weighted by Crippen LogP contribution is -2.13. The van der Waals surface area contributed by atoms with E-state index >= 15 is 0 Å². The predicted molar refractivity (Wildman–Crippen MR) is 80.3 cm³/mol. The average Bonchev–Trinajstić information content (AvgIpc) is 2.42. The van der Waals surface area contributed by atoms with Gasteiger partial charge in [-0.05, 0) is 44.5 Å². The number of hydrogen-bond donors (Lipinski definition) is 3. The third-order valence-corrected chi connectivity index (χ3v) is 3.05. The van der Waals surface area contributed by atoms with Crippen LogP contribution in [0.2, 0.25) is 0 Å². The van der Waals surface area contributed by atoms with Crippen LogP contribution in [0.1, 0.15) is 17.0 Å². The fourth-order valence-corrected chi connectivity index (χ4v) is 1.98. The highest BCUT2D eigenvalue weighted by molar-refractivity contribution is 5.65. The summed E-state index contributed by atoms with van der Waals surface area (Å²) in [6, 6.07) is 5.87. The molecule has 1 aromatic heterocycles. The van der Waals surface area contributed by atoms with Crippen LogP contribution >= 0.6 is 0 Å². The van der Waals surface area contributed by atoms with Crippen LogP contribution in [-0.4, -0.2) is 17.1 Å². The molecule has 6 nitrogen and oxygen atoms in total. The first-order chi connectivity index (χ1) is 9.55. The first-order valence-corrected chi connectivity index (χ1v) is 6.28. The van der Waals surface area contributed by atoms with E-state index in [9.17, 15) is 0 Å². The first kappa shape index (κ1) is 14.1. The minimum Gasteiger partial charge on any atom is -0.496 e. The van der Waals surface area contributed by atoms with E-state index in [2.05, 4.69) is 20.7 Å². The Labute approximate surface area is 118 Å². The van der Waals surface area contributed by atoms with Crippen molar-refractivity contribution < 1.29 is 4.74 Å². The van der Waals surface area contributed by atoms with E-state index in [1.54, 1.807) is 7.11 Å². The number of nitrogen functional groups attached to an aromatic ring is 1. The lowest BCUT2D eigenvalue weighted by molar-refractivity contribution is 0.412. The molecule has 0 saturated carbocycles. The Kier molecular flexibility index (Phi) is 4.05. The summed E-state index contributed by atoms with van der Waals surface area (Å²) in [6.45, 7) is 5.73. The summed E-state index contributed by atoms with van der Waals surface area (Å²) < 4.78 is 5.25. The number of nitrogens with two attached hydrogens (primary N) is 1. The molecular formula is C14H19N5O. The molecule has 0 radical (unpaired) electrons. The number of methoxy groups -OCH3 is 1. The highest BCUT2D eigenvalue weighted by Crippen LogP contribution is 2.26. The maximum atomic E-state index is 5.46. The van der Waals surface area contributed by atoms with E-state index < -0.39 is 0 Å². The second-order valence-electron chi connectivity index (χ2n) is 4.55. The van der Waals surface area contributed by atoms with Crippen molar-refractivity contribution in [3.8, 4) is 5.75 Å². The van der Waals surface area contributed by atoms with Gasteiger partial charge in [-0.15, -0.1) is 0 Å². The molecule has 2 rings (SSSR count). The van der Waals surface area contributed by atoms with Crippen LogP contribution in [0.3, 0.4) is 0 Å². The summed E-state index contributed by atoms with van der Waals surface area (Å²) in [4.78, 5) is 8.63. The lowest BCUT2D eigenvalue weighted by Gasteiger charge is -2.13. The lowest BCUT2D eigenvalue weighted by atomic mass is 10.2. The molecule has 0 aliphatic heterocycles. The summed E-state index contributed by atoms with van der Waals surface area (Å²) in [5.41, 5.74) is 5.44. The van der Waals surface area contributed by atoms with Crippen molar-refractivity contribution in [3.05, 3.63) is 35.2 Å². The minimum atomic E-state index is 0.616. The van der Waals surface area contributed by atoms with Gasteiger partial charge in [0, 0.05) is 11.3 Å². The summed E-state index contributed by atoms with van der Waals surface area (Å²) in [5, 5.41) is 3.28. The number of aromatic nitrogens is 2. The number of hydrazine groups is 1. The van der Waals surface area contributed by atoms with Gasteiger partial charge >= 0.3 is 0 Å². The number of benzene rings is 1. The van der Waals surface area contributed by atoms with E-state index in [4.69, 9.17) is 10.6 Å². The Bertz CT molecular complexity index is 627. The van der Waals surface area contributed by atoms with Crippen LogP contribution in [-0.2, 0) is 0 Å². The molecular weight excluding hydrogens is 254 g/mol. The smallest absolute Gasteiger partial charge is 0.148 e. The molecule has 0 fully saturated rings. The Morgan fingerprint density at radius 2 is 1.80 bits per heavy atom. The number of hydrogen-bond acceptors (Lipinski definition) is 6. The minimum absolute atomic E-state index is 0.616. The molecule has 1 heterocycles. The molecule has 0 saturated heterocycles. The molecule has 4 N–H and O–H groups in total. The van der Waals surface area contributed by atoms with Gasteiger partial charge in [-0.25, -0.2) is 15.8 Å². The van der Waals surface area contributed by atoms with Crippen LogP contribution in [0.4, 0.5) is 17.3 Å². The molecule has 106 valence electrons. The van der Waals surface area contributed by atoms with E-state index in [0.717, 1.165) is 28.4 Å². The fourth-order valence-electron chi connectivity index (χ4n) is 1.98. The van der Waals surface area contributed by atoms with Crippen molar-refractivity contribution >= 4 is 17.3 Å². The van der Waals surface area contributed by atoms with Gasteiger partial charge in [-0.1, -0.05) is 0 Å². The molecule has 20 heavy (non-hydrogen) atoms. The standard InChI is InChI=1S/C14H19N5O/c1-8-7-11(5-6-12(8)20-4)18-13-9(2)14(19-15)17-10(3)16-13/h5-7H,15H2,1-4H3,(H2,16,17,18,19). The zero-order valence-corrected chi connectivity index (χ0v) is 12.1. The van der Waals surface area contributed by atoms with Gasteiger partial charge in [-0.2, -0.15) is 0 Å². The van der Waals surface area contributed by atoms with E-state index in [1.165, 1.54) is 0 Å².